The summed E-state index contributed by atoms with van der Waals surface area (Å²) in [5, 5.41) is 0. The van der Waals surface area contributed by atoms with Crippen molar-refractivity contribution in [2.45, 2.75) is 19.8 Å². The first kappa shape index (κ1) is 13.2. The maximum atomic E-state index is 4.59. The van der Waals surface area contributed by atoms with Crippen LogP contribution in [0, 0.1) is 0 Å². The topological polar surface area (TPSA) is 25.8 Å². The van der Waals surface area contributed by atoms with Crippen LogP contribution >= 0.6 is 7.26 Å². The molecule has 0 fully saturated rings. The molecule has 0 atom stereocenters. The molecule has 2 rings (SSSR count). The van der Waals surface area contributed by atoms with Crippen molar-refractivity contribution < 1.29 is 0 Å². The lowest BCUT2D eigenvalue weighted by Gasteiger charge is -2.20. The predicted octanol–water partition coefficient (Wildman–Crippen LogP) is 2.87. The molecule has 0 aromatic carbocycles. The van der Waals surface area contributed by atoms with Crippen LogP contribution in [-0.2, 0) is 0 Å². The zero-order valence-corrected chi connectivity index (χ0v) is 12.0. The molecule has 18 heavy (non-hydrogen) atoms. The van der Waals surface area contributed by atoms with Gasteiger partial charge in [0.15, 0.2) is 10.9 Å². The number of hydrogen-bond donors (Lipinski definition) is 0. The Kier molecular flexibility index (Phi) is 4.43. The normalized spacial score (nSPS) is 11.4. The molecular weight excluding hydrogens is 239 g/mol. The van der Waals surface area contributed by atoms with E-state index in [1.165, 1.54) is 29.9 Å². The Labute approximate surface area is 110 Å². The summed E-state index contributed by atoms with van der Waals surface area (Å²) in [4.78, 5) is 9.18. The second kappa shape index (κ2) is 6.06. The van der Waals surface area contributed by atoms with Crippen LogP contribution in [0.4, 0.5) is 0 Å². The Hall–Kier alpha value is -1.27. The molecule has 0 bridgehead atoms. The monoisotopic (exact) mass is 259 g/mol. The number of pyridine rings is 2. The molecule has 2 aromatic rings. The smallest absolute Gasteiger partial charge is 0.188 e. The molecule has 0 amide bonds. The van der Waals surface area contributed by atoms with Crippen LogP contribution in [0.2, 0.25) is 0 Å². The standard InChI is InChI=1S/C15H20N2P/c1-3-4-13-18(2,14-9-5-7-11-16-14)15-10-6-8-12-17-15/h5-12H,3-4,13H2,1-2H3/q+1. The van der Waals surface area contributed by atoms with Crippen LogP contribution in [0.25, 0.3) is 0 Å². The van der Waals surface area contributed by atoms with E-state index in [0.29, 0.717) is 0 Å². The van der Waals surface area contributed by atoms with E-state index in [0.717, 1.165) is 0 Å². The molecule has 2 heterocycles. The summed E-state index contributed by atoms with van der Waals surface area (Å²) < 4.78 is 0. The molecule has 0 aliphatic rings. The van der Waals surface area contributed by atoms with Gasteiger partial charge < -0.3 is 0 Å². The number of rotatable bonds is 5. The average Bonchev–Trinajstić information content (AvgIpc) is 2.46. The van der Waals surface area contributed by atoms with E-state index in [9.17, 15) is 0 Å². The van der Waals surface area contributed by atoms with Crippen molar-refractivity contribution in [3.8, 4) is 0 Å². The van der Waals surface area contributed by atoms with Crippen molar-refractivity contribution in [3.63, 3.8) is 0 Å². The van der Waals surface area contributed by atoms with Crippen LogP contribution in [0.1, 0.15) is 19.8 Å². The van der Waals surface area contributed by atoms with Crippen LogP contribution in [0.15, 0.2) is 48.8 Å². The summed E-state index contributed by atoms with van der Waals surface area (Å²) in [6.45, 7) is 4.59. The third-order valence-corrected chi connectivity index (χ3v) is 7.03. The van der Waals surface area contributed by atoms with Gasteiger partial charge in [0, 0.05) is 24.5 Å². The lowest BCUT2D eigenvalue weighted by atomic mass is 10.4. The largest absolute Gasteiger partial charge is 0.222 e. The van der Waals surface area contributed by atoms with E-state index >= 15 is 0 Å². The molecular formula is C15H20N2P+. The average molecular weight is 259 g/mol. The first-order chi connectivity index (χ1) is 8.77. The lowest BCUT2D eigenvalue weighted by molar-refractivity contribution is 0.890. The Morgan fingerprint density at radius 1 is 0.944 bits per heavy atom. The van der Waals surface area contributed by atoms with Gasteiger partial charge in [-0.1, -0.05) is 25.5 Å². The van der Waals surface area contributed by atoms with Crippen molar-refractivity contribution in [2.24, 2.45) is 0 Å². The molecule has 0 saturated heterocycles. The number of nitrogens with zero attached hydrogens (tertiary/aromatic N) is 2. The Morgan fingerprint density at radius 3 is 1.89 bits per heavy atom. The zero-order chi connectivity index (χ0) is 12.8. The second-order valence-electron chi connectivity index (χ2n) is 4.64. The maximum absolute atomic E-state index is 4.59. The minimum atomic E-state index is -1.41. The van der Waals surface area contributed by atoms with Gasteiger partial charge >= 0.3 is 0 Å². The Bertz CT molecular complexity index is 431. The molecule has 2 aromatic heterocycles. The fourth-order valence-corrected chi connectivity index (χ4v) is 5.23. The van der Waals surface area contributed by atoms with E-state index in [1.54, 1.807) is 0 Å². The van der Waals surface area contributed by atoms with Crippen LogP contribution in [0.5, 0.6) is 0 Å². The summed E-state index contributed by atoms with van der Waals surface area (Å²) in [6.07, 6.45) is 7.43. The quantitative estimate of drug-likeness (QED) is 0.772. The van der Waals surface area contributed by atoms with Crippen LogP contribution in [0.3, 0.4) is 0 Å². The van der Waals surface area contributed by atoms with Gasteiger partial charge in [0.05, 0.1) is 12.8 Å². The Balaban J connectivity index is 2.41. The molecule has 0 radical (unpaired) electrons. The van der Waals surface area contributed by atoms with Crippen molar-refractivity contribution >= 4 is 18.1 Å². The zero-order valence-electron chi connectivity index (χ0n) is 11.1. The van der Waals surface area contributed by atoms with Gasteiger partial charge in [-0.25, -0.2) is 9.97 Å². The second-order valence-corrected chi connectivity index (χ2v) is 8.39. The van der Waals surface area contributed by atoms with Gasteiger partial charge in [0.25, 0.3) is 0 Å². The highest BCUT2D eigenvalue weighted by Gasteiger charge is 2.39. The molecule has 0 spiro atoms. The highest BCUT2D eigenvalue weighted by molar-refractivity contribution is 7.88. The molecule has 94 valence electrons. The molecule has 3 heteroatoms. The van der Waals surface area contributed by atoms with Crippen molar-refractivity contribution in [1.82, 2.24) is 9.97 Å². The summed E-state index contributed by atoms with van der Waals surface area (Å²) in [6, 6.07) is 12.4. The summed E-state index contributed by atoms with van der Waals surface area (Å²) in [5.74, 6) is 0. The van der Waals surface area contributed by atoms with E-state index in [-0.39, 0.29) is 0 Å². The van der Waals surface area contributed by atoms with Crippen LogP contribution < -0.4 is 10.9 Å². The summed E-state index contributed by atoms with van der Waals surface area (Å²) in [5.41, 5.74) is 2.44. The first-order valence-corrected chi connectivity index (χ1v) is 8.88. The number of unbranched alkanes of at least 4 members (excludes halogenated alkanes) is 1. The van der Waals surface area contributed by atoms with Gasteiger partial charge in [-0.05, 0) is 18.6 Å². The molecule has 0 unspecified atom stereocenters. The fraction of sp³-hybridized carbons (Fsp3) is 0.333. The highest BCUT2D eigenvalue weighted by atomic mass is 31.2. The molecule has 0 aliphatic heterocycles. The Morgan fingerprint density at radius 2 is 1.50 bits per heavy atom. The third-order valence-electron chi connectivity index (χ3n) is 3.27. The number of aromatic nitrogens is 2. The van der Waals surface area contributed by atoms with Gasteiger partial charge in [-0.15, -0.1) is 0 Å². The van der Waals surface area contributed by atoms with E-state index < -0.39 is 7.26 Å². The van der Waals surface area contributed by atoms with E-state index in [4.69, 9.17) is 0 Å². The number of hydrogen-bond acceptors (Lipinski definition) is 2. The predicted molar refractivity (Wildman–Crippen MR) is 80.4 cm³/mol. The fourth-order valence-electron chi connectivity index (χ4n) is 2.11. The van der Waals surface area contributed by atoms with Gasteiger partial charge in [-0.2, -0.15) is 0 Å². The molecule has 0 saturated carbocycles. The van der Waals surface area contributed by atoms with Gasteiger partial charge in [0.1, 0.15) is 7.26 Å². The van der Waals surface area contributed by atoms with Gasteiger partial charge in [0.2, 0.25) is 0 Å². The van der Waals surface area contributed by atoms with Crippen molar-refractivity contribution in [3.05, 3.63) is 48.8 Å². The summed E-state index contributed by atoms with van der Waals surface area (Å²) in [7, 11) is -1.41. The summed E-state index contributed by atoms with van der Waals surface area (Å²) >= 11 is 0. The molecule has 2 nitrogen and oxygen atoms in total. The van der Waals surface area contributed by atoms with Crippen LogP contribution in [-0.4, -0.2) is 22.8 Å². The third kappa shape index (κ3) is 2.76. The minimum absolute atomic E-state index is 1.19. The maximum Gasteiger partial charge on any atom is 0.188 e. The first-order valence-electron chi connectivity index (χ1n) is 6.46. The van der Waals surface area contributed by atoms with Gasteiger partial charge in [-0.3, -0.25) is 0 Å². The van der Waals surface area contributed by atoms with E-state index in [1.807, 2.05) is 24.5 Å². The lowest BCUT2D eigenvalue weighted by Crippen LogP contribution is -2.27. The highest BCUT2D eigenvalue weighted by Crippen LogP contribution is 2.51. The molecule has 0 aliphatic carbocycles. The van der Waals surface area contributed by atoms with Crippen molar-refractivity contribution in [2.75, 3.05) is 12.8 Å². The minimum Gasteiger partial charge on any atom is -0.222 e. The van der Waals surface area contributed by atoms with Crippen molar-refractivity contribution in [1.29, 1.82) is 0 Å². The van der Waals surface area contributed by atoms with E-state index in [2.05, 4.69) is 47.8 Å². The molecule has 0 N–H and O–H groups in total. The SMILES string of the molecule is CCCC[P+](C)(c1ccccn1)c1ccccn1.